The summed E-state index contributed by atoms with van der Waals surface area (Å²) in [6.45, 7) is 13.6. The van der Waals surface area contributed by atoms with Crippen LogP contribution in [0.25, 0.3) is 0 Å². The molecule has 1 heterocycles. The van der Waals surface area contributed by atoms with E-state index in [-0.39, 0.29) is 0 Å². The van der Waals surface area contributed by atoms with Crippen LogP contribution in [-0.4, -0.2) is 62.3 Å². The first-order chi connectivity index (χ1) is 7.17. The minimum Gasteiger partial charge on any atom is -0.383 e. The standard InChI is InChI=1S/C12H26N2O/c1-5-14-7-6-13(8-11(2)3)9-12(14)10-15-4/h11-12H,5-10H2,1-4H3/t12-/m1/s1. The number of piperazine rings is 1. The van der Waals surface area contributed by atoms with Gasteiger partial charge in [0.2, 0.25) is 0 Å². The zero-order valence-electron chi connectivity index (χ0n) is 10.7. The molecule has 0 amide bonds. The van der Waals surface area contributed by atoms with Crippen molar-refractivity contribution in [3.8, 4) is 0 Å². The molecule has 1 aliphatic heterocycles. The van der Waals surface area contributed by atoms with Gasteiger partial charge in [0.15, 0.2) is 0 Å². The molecule has 1 saturated heterocycles. The molecular weight excluding hydrogens is 188 g/mol. The SMILES string of the molecule is CCN1CCN(CC(C)C)C[C@@H]1COC. The van der Waals surface area contributed by atoms with Gasteiger partial charge in [0, 0.05) is 39.3 Å². The summed E-state index contributed by atoms with van der Waals surface area (Å²) in [7, 11) is 1.80. The largest absolute Gasteiger partial charge is 0.383 e. The van der Waals surface area contributed by atoms with E-state index in [0.717, 1.165) is 19.1 Å². The van der Waals surface area contributed by atoms with Crippen molar-refractivity contribution in [1.29, 1.82) is 0 Å². The number of rotatable bonds is 5. The van der Waals surface area contributed by atoms with Crippen LogP contribution in [0.3, 0.4) is 0 Å². The molecule has 0 radical (unpaired) electrons. The molecule has 90 valence electrons. The maximum atomic E-state index is 5.30. The molecule has 1 fully saturated rings. The van der Waals surface area contributed by atoms with E-state index in [0.29, 0.717) is 6.04 Å². The predicted octanol–water partition coefficient (Wildman–Crippen LogP) is 1.29. The Balaban J connectivity index is 2.42. The molecule has 1 atom stereocenters. The average molecular weight is 214 g/mol. The summed E-state index contributed by atoms with van der Waals surface area (Å²) in [4.78, 5) is 5.10. The Morgan fingerprint density at radius 2 is 2.07 bits per heavy atom. The minimum absolute atomic E-state index is 0.590. The van der Waals surface area contributed by atoms with Crippen molar-refractivity contribution in [1.82, 2.24) is 9.80 Å². The van der Waals surface area contributed by atoms with Crippen LogP contribution < -0.4 is 0 Å². The van der Waals surface area contributed by atoms with E-state index in [1.54, 1.807) is 7.11 Å². The lowest BCUT2D eigenvalue weighted by molar-refractivity contribution is 0.0245. The number of hydrogen-bond donors (Lipinski definition) is 0. The van der Waals surface area contributed by atoms with E-state index < -0.39 is 0 Å². The summed E-state index contributed by atoms with van der Waals surface area (Å²) in [5.74, 6) is 0.765. The van der Waals surface area contributed by atoms with Gasteiger partial charge < -0.3 is 9.64 Å². The number of hydrogen-bond acceptors (Lipinski definition) is 3. The zero-order chi connectivity index (χ0) is 11.3. The quantitative estimate of drug-likeness (QED) is 0.686. The molecule has 0 unspecified atom stereocenters. The lowest BCUT2D eigenvalue weighted by Crippen LogP contribution is -2.55. The lowest BCUT2D eigenvalue weighted by Gasteiger charge is -2.41. The summed E-state index contributed by atoms with van der Waals surface area (Å²) in [6.07, 6.45) is 0. The monoisotopic (exact) mass is 214 g/mol. The maximum absolute atomic E-state index is 5.30. The Kier molecular flexibility index (Phi) is 5.58. The van der Waals surface area contributed by atoms with Gasteiger partial charge >= 0.3 is 0 Å². The Hall–Kier alpha value is -0.120. The van der Waals surface area contributed by atoms with E-state index in [1.165, 1.54) is 26.2 Å². The molecule has 1 rings (SSSR count). The predicted molar refractivity (Wildman–Crippen MR) is 64.2 cm³/mol. The lowest BCUT2D eigenvalue weighted by atomic mass is 10.1. The first kappa shape index (κ1) is 12.9. The van der Waals surface area contributed by atoms with Crippen LogP contribution in [0.2, 0.25) is 0 Å². The van der Waals surface area contributed by atoms with Crippen molar-refractivity contribution in [3.05, 3.63) is 0 Å². The van der Waals surface area contributed by atoms with E-state index in [9.17, 15) is 0 Å². The van der Waals surface area contributed by atoms with Crippen LogP contribution in [0.5, 0.6) is 0 Å². The third kappa shape index (κ3) is 4.09. The van der Waals surface area contributed by atoms with Crippen molar-refractivity contribution < 1.29 is 4.74 Å². The van der Waals surface area contributed by atoms with E-state index in [2.05, 4.69) is 30.6 Å². The Morgan fingerprint density at radius 3 is 2.60 bits per heavy atom. The highest BCUT2D eigenvalue weighted by atomic mass is 16.5. The molecule has 3 heteroatoms. The molecule has 0 N–H and O–H groups in total. The van der Waals surface area contributed by atoms with E-state index >= 15 is 0 Å². The van der Waals surface area contributed by atoms with Gasteiger partial charge in [0.1, 0.15) is 0 Å². The Morgan fingerprint density at radius 1 is 1.33 bits per heavy atom. The van der Waals surface area contributed by atoms with Gasteiger partial charge in [0.25, 0.3) is 0 Å². The zero-order valence-corrected chi connectivity index (χ0v) is 10.7. The van der Waals surface area contributed by atoms with Crippen LogP contribution >= 0.6 is 0 Å². The molecule has 0 spiro atoms. The molecule has 0 bridgehead atoms. The molecular formula is C12H26N2O. The molecule has 15 heavy (non-hydrogen) atoms. The normalized spacial score (nSPS) is 25.0. The number of ether oxygens (including phenoxy) is 1. The molecule has 0 aromatic carbocycles. The number of nitrogens with zero attached hydrogens (tertiary/aromatic N) is 2. The molecule has 0 aliphatic carbocycles. The van der Waals surface area contributed by atoms with Crippen molar-refractivity contribution in [3.63, 3.8) is 0 Å². The Labute approximate surface area is 94.4 Å². The second kappa shape index (κ2) is 6.46. The fourth-order valence-electron chi connectivity index (χ4n) is 2.41. The van der Waals surface area contributed by atoms with Gasteiger partial charge in [-0.1, -0.05) is 20.8 Å². The highest BCUT2D eigenvalue weighted by Gasteiger charge is 2.25. The summed E-state index contributed by atoms with van der Waals surface area (Å²) in [5.41, 5.74) is 0. The summed E-state index contributed by atoms with van der Waals surface area (Å²) in [5, 5.41) is 0. The Bertz CT molecular complexity index is 173. The number of likely N-dealkylation sites (N-methyl/N-ethyl adjacent to an activating group) is 1. The number of methoxy groups -OCH3 is 1. The molecule has 0 saturated carbocycles. The van der Waals surface area contributed by atoms with Crippen molar-refractivity contribution in [2.45, 2.75) is 26.8 Å². The first-order valence-electron chi connectivity index (χ1n) is 6.12. The smallest absolute Gasteiger partial charge is 0.0630 e. The van der Waals surface area contributed by atoms with Gasteiger partial charge in [-0.05, 0) is 12.5 Å². The molecule has 0 aromatic rings. The van der Waals surface area contributed by atoms with Gasteiger partial charge in [-0.15, -0.1) is 0 Å². The van der Waals surface area contributed by atoms with Crippen LogP contribution in [0, 0.1) is 5.92 Å². The third-order valence-corrected chi connectivity index (χ3v) is 3.08. The first-order valence-corrected chi connectivity index (χ1v) is 6.12. The van der Waals surface area contributed by atoms with Crippen LogP contribution in [-0.2, 0) is 4.74 Å². The van der Waals surface area contributed by atoms with Crippen molar-refractivity contribution in [2.24, 2.45) is 5.92 Å². The van der Waals surface area contributed by atoms with E-state index in [1.807, 2.05) is 0 Å². The van der Waals surface area contributed by atoms with Crippen LogP contribution in [0.15, 0.2) is 0 Å². The van der Waals surface area contributed by atoms with Gasteiger partial charge in [0.05, 0.1) is 6.61 Å². The summed E-state index contributed by atoms with van der Waals surface area (Å²) < 4.78 is 5.30. The highest BCUT2D eigenvalue weighted by molar-refractivity contribution is 4.81. The fraction of sp³-hybridized carbons (Fsp3) is 1.00. The van der Waals surface area contributed by atoms with Crippen molar-refractivity contribution >= 4 is 0 Å². The van der Waals surface area contributed by atoms with Crippen molar-refractivity contribution in [2.75, 3.05) is 46.4 Å². The van der Waals surface area contributed by atoms with Gasteiger partial charge in [-0.3, -0.25) is 4.90 Å². The second-order valence-electron chi connectivity index (χ2n) is 4.89. The van der Waals surface area contributed by atoms with Crippen LogP contribution in [0.4, 0.5) is 0 Å². The van der Waals surface area contributed by atoms with Gasteiger partial charge in [-0.2, -0.15) is 0 Å². The van der Waals surface area contributed by atoms with Gasteiger partial charge in [-0.25, -0.2) is 0 Å². The topological polar surface area (TPSA) is 15.7 Å². The molecule has 3 nitrogen and oxygen atoms in total. The molecule has 0 aromatic heterocycles. The highest BCUT2D eigenvalue weighted by Crippen LogP contribution is 2.11. The summed E-state index contributed by atoms with van der Waals surface area (Å²) >= 11 is 0. The van der Waals surface area contributed by atoms with E-state index in [4.69, 9.17) is 4.74 Å². The minimum atomic E-state index is 0.590. The average Bonchev–Trinajstić information content (AvgIpc) is 2.18. The third-order valence-electron chi connectivity index (χ3n) is 3.08. The van der Waals surface area contributed by atoms with Crippen LogP contribution in [0.1, 0.15) is 20.8 Å². The fourth-order valence-corrected chi connectivity index (χ4v) is 2.41. The molecule has 1 aliphatic rings. The second-order valence-corrected chi connectivity index (χ2v) is 4.89. The summed E-state index contributed by atoms with van der Waals surface area (Å²) in [6, 6.07) is 0.590. The maximum Gasteiger partial charge on any atom is 0.0630 e.